The molecule has 178 valence electrons. The lowest BCUT2D eigenvalue weighted by atomic mass is 9.97. The Balaban J connectivity index is 1.78. The summed E-state index contributed by atoms with van der Waals surface area (Å²) in [6, 6.07) is 10.5. The van der Waals surface area contributed by atoms with Gasteiger partial charge in [0.15, 0.2) is 10.6 Å². The van der Waals surface area contributed by atoms with Crippen LogP contribution in [0.1, 0.15) is 54.2 Å². The van der Waals surface area contributed by atoms with E-state index >= 15 is 0 Å². The number of nitrogens with zero attached hydrogens (tertiary/aromatic N) is 2. The third kappa shape index (κ3) is 3.66. The molecule has 35 heavy (non-hydrogen) atoms. The van der Waals surface area contributed by atoms with Crippen molar-refractivity contribution in [2.75, 3.05) is 18.3 Å². The fourth-order valence-electron chi connectivity index (χ4n) is 4.29. The van der Waals surface area contributed by atoms with Crippen molar-refractivity contribution in [2.45, 2.75) is 31.7 Å². The predicted molar refractivity (Wildman–Crippen MR) is 137 cm³/mol. The normalized spacial score (nSPS) is 15.1. The number of rotatable bonds is 4. The van der Waals surface area contributed by atoms with Crippen molar-refractivity contribution in [3.05, 3.63) is 85.2 Å². The first-order valence-corrected chi connectivity index (χ1v) is 12.9. The second-order valence-electron chi connectivity index (χ2n) is 8.36. The van der Waals surface area contributed by atoms with Crippen LogP contribution in [0, 0.1) is 20.8 Å². The number of esters is 1. The van der Waals surface area contributed by atoms with Gasteiger partial charge in [0.25, 0.3) is 5.91 Å². The lowest BCUT2D eigenvalue weighted by Gasteiger charge is -2.22. The molecule has 0 aliphatic carbocycles. The monoisotopic (exact) mass is 506 g/mol. The third-order valence-electron chi connectivity index (χ3n) is 6.28. The molecule has 4 aromatic rings. The van der Waals surface area contributed by atoms with E-state index in [2.05, 4.69) is 4.98 Å². The number of amides is 1. The van der Waals surface area contributed by atoms with Crippen molar-refractivity contribution >= 4 is 51.1 Å². The Bertz CT molecular complexity index is 1570. The van der Waals surface area contributed by atoms with Crippen LogP contribution in [0.15, 0.2) is 50.5 Å². The van der Waals surface area contributed by atoms with Crippen LogP contribution >= 0.6 is 23.1 Å². The molecule has 0 N–H and O–H groups in total. The van der Waals surface area contributed by atoms with Crippen LogP contribution in [0.25, 0.3) is 11.0 Å². The summed E-state index contributed by atoms with van der Waals surface area (Å²) in [5.74, 6) is -0.999. The van der Waals surface area contributed by atoms with Gasteiger partial charge in [0.2, 0.25) is 5.76 Å². The largest absolute Gasteiger partial charge is 0.465 e. The average Bonchev–Trinajstić information content (AvgIpc) is 3.37. The predicted octanol–water partition coefficient (Wildman–Crippen LogP) is 5.43. The number of benzene rings is 2. The number of fused-ring (bicyclic) bond motifs is 2. The van der Waals surface area contributed by atoms with Crippen LogP contribution in [-0.2, 0) is 4.74 Å². The maximum absolute atomic E-state index is 13.8. The second-order valence-corrected chi connectivity index (χ2v) is 10.2. The van der Waals surface area contributed by atoms with E-state index in [9.17, 15) is 14.4 Å². The molecule has 3 heterocycles. The highest BCUT2D eigenvalue weighted by atomic mass is 32.2. The zero-order valence-corrected chi connectivity index (χ0v) is 21.4. The third-order valence-corrected chi connectivity index (χ3v) is 8.16. The van der Waals surface area contributed by atoms with Gasteiger partial charge < -0.3 is 9.15 Å². The molecule has 2 aromatic heterocycles. The van der Waals surface area contributed by atoms with E-state index in [1.54, 1.807) is 30.8 Å². The number of hydrogen-bond acceptors (Lipinski definition) is 8. The molecule has 0 spiro atoms. The molecular weight excluding hydrogens is 484 g/mol. The number of carbonyl (C=O) groups is 2. The minimum atomic E-state index is -0.744. The summed E-state index contributed by atoms with van der Waals surface area (Å²) in [7, 11) is 1.30. The van der Waals surface area contributed by atoms with Crippen LogP contribution in [0.5, 0.6) is 0 Å². The van der Waals surface area contributed by atoms with Gasteiger partial charge in [-0.1, -0.05) is 23.5 Å². The Kier molecular flexibility index (Phi) is 5.77. The first-order valence-electron chi connectivity index (χ1n) is 10.9. The first-order chi connectivity index (χ1) is 16.7. The number of anilines is 1. The minimum absolute atomic E-state index is 0.00262. The Morgan fingerprint density at radius 1 is 1.11 bits per heavy atom. The summed E-state index contributed by atoms with van der Waals surface area (Å²) < 4.78 is 10.9. The molecule has 1 aliphatic rings. The summed E-state index contributed by atoms with van der Waals surface area (Å²) in [5.41, 5.74) is 3.52. The van der Waals surface area contributed by atoms with Crippen molar-refractivity contribution in [3.8, 4) is 0 Å². The number of ether oxygens (including phenoxy) is 1. The van der Waals surface area contributed by atoms with Gasteiger partial charge in [-0.15, -0.1) is 11.8 Å². The lowest BCUT2D eigenvalue weighted by molar-refractivity contribution is 0.0605. The highest BCUT2D eigenvalue weighted by Crippen LogP contribution is 2.43. The number of aryl methyl sites for hydroxylation is 3. The van der Waals surface area contributed by atoms with Gasteiger partial charge in [0.1, 0.15) is 10.5 Å². The van der Waals surface area contributed by atoms with E-state index in [-0.39, 0.29) is 16.8 Å². The van der Waals surface area contributed by atoms with E-state index in [1.807, 2.05) is 44.4 Å². The highest BCUT2D eigenvalue weighted by Gasteiger charge is 2.45. The van der Waals surface area contributed by atoms with Crippen molar-refractivity contribution in [1.82, 2.24) is 4.98 Å². The first kappa shape index (κ1) is 23.3. The molecule has 1 aliphatic heterocycles. The molecule has 1 unspecified atom stereocenters. The molecule has 0 bridgehead atoms. The maximum Gasteiger partial charge on any atom is 0.350 e. The van der Waals surface area contributed by atoms with E-state index in [1.165, 1.54) is 12.0 Å². The van der Waals surface area contributed by atoms with Crippen LogP contribution in [0.4, 0.5) is 5.13 Å². The number of thiazole rings is 1. The summed E-state index contributed by atoms with van der Waals surface area (Å²) in [5, 5.41) is 0.729. The van der Waals surface area contributed by atoms with E-state index in [0.29, 0.717) is 26.7 Å². The molecule has 1 atom stereocenters. The molecular formula is C26H22N2O5S2. The number of hydrogen-bond donors (Lipinski definition) is 0. The van der Waals surface area contributed by atoms with Gasteiger partial charge in [-0.05, 0) is 68.0 Å². The van der Waals surface area contributed by atoms with Gasteiger partial charge in [0, 0.05) is 4.90 Å². The molecule has 0 saturated carbocycles. The fourth-order valence-corrected chi connectivity index (χ4v) is 5.71. The van der Waals surface area contributed by atoms with Crippen LogP contribution in [-0.4, -0.2) is 30.2 Å². The Hall–Kier alpha value is -3.43. The fraction of sp³-hybridized carbons (Fsp3) is 0.231. The van der Waals surface area contributed by atoms with Gasteiger partial charge in [-0.25, -0.2) is 9.78 Å². The summed E-state index contributed by atoms with van der Waals surface area (Å²) in [6.07, 6.45) is 1.98. The number of thioether (sulfide) groups is 1. The summed E-state index contributed by atoms with van der Waals surface area (Å²) in [4.78, 5) is 47.1. The van der Waals surface area contributed by atoms with Crippen molar-refractivity contribution in [2.24, 2.45) is 0 Å². The molecule has 5 rings (SSSR count). The highest BCUT2D eigenvalue weighted by molar-refractivity contribution is 7.98. The molecule has 0 radical (unpaired) electrons. The van der Waals surface area contributed by atoms with Crippen molar-refractivity contribution < 1.29 is 18.7 Å². The lowest BCUT2D eigenvalue weighted by Crippen LogP contribution is -2.29. The number of aromatic nitrogens is 1. The smallest absolute Gasteiger partial charge is 0.350 e. The second kappa shape index (κ2) is 8.66. The Labute approximate surface area is 209 Å². The summed E-state index contributed by atoms with van der Waals surface area (Å²) in [6.45, 7) is 5.55. The molecule has 0 saturated heterocycles. The number of carbonyl (C=O) groups excluding carboxylic acids is 2. The van der Waals surface area contributed by atoms with Gasteiger partial charge in [-0.3, -0.25) is 14.5 Å². The summed E-state index contributed by atoms with van der Waals surface area (Å²) >= 11 is 2.66. The Morgan fingerprint density at radius 2 is 1.80 bits per heavy atom. The van der Waals surface area contributed by atoms with Crippen molar-refractivity contribution in [3.63, 3.8) is 0 Å². The van der Waals surface area contributed by atoms with E-state index < -0.39 is 17.9 Å². The van der Waals surface area contributed by atoms with Gasteiger partial charge in [-0.2, -0.15) is 0 Å². The van der Waals surface area contributed by atoms with Crippen LogP contribution < -0.4 is 10.3 Å². The maximum atomic E-state index is 13.8. The number of methoxy groups -OCH3 is 1. The average molecular weight is 507 g/mol. The van der Waals surface area contributed by atoms with Crippen LogP contribution in [0.2, 0.25) is 0 Å². The standard InChI is InChI=1S/C26H22N2O5S2/c1-12-10-17-18(11-13(12)2)33-22-19(21(17)29)20(15-6-8-16(34-5)9-7-15)28(24(22)30)26-27-14(3)23(35-26)25(31)32-4/h6-11,20H,1-5H3. The van der Waals surface area contributed by atoms with Gasteiger partial charge in [0.05, 0.1) is 29.8 Å². The topological polar surface area (TPSA) is 89.7 Å². The molecule has 1 amide bonds. The van der Waals surface area contributed by atoms with E-state index in [0.717, 1.165) is 32.9 Å². The minimum Gasteiger partial charge on any atom is -0.465 e. The van der Waals surface area contributed by atoms with Gasteiger partial charge >= 0.3 is 5.97 Å². The Morgan fingerprint density at radius 3 is 2.46 bits per heavy atom. The quantitative estimate of drug-likeness (QED) is 0.269. The van der Waals surface area contributed by atoms with Crippen molar-refractivity contribution in [1.29, 1.82) is 0 Å². The SMILES string of the molecule is COC(=O)c1sc(N2C(=O)c3oc4cc(C)c(C)cc4c(=O)c3C2c2ccc(SC)cc2)nc1C. The molecule has 9 heteroatoms. The molecule has 2 aromatic carbocycles. The zero-order valence-electron chi connectivity index (χ0n) is 19.8. The molecule has 0 fully saturated rings. The van der Waals surface area contributed by atoms with Crippen LogP contribution in [0.3, 0.4) is 0 Å². The zero-order chi connectivity index (χ0) is 25.0. The molecule has 7 nitrogen and oxygen atoms in total. The van der Waals surface area contributed by atoms with E-state index in [4.69, 9.17) is 9.15 Å².